The highest BCUT2D eigenvalue weighted by Gasteiger charge is 2.28. The van der Waals surface area contributed by atoms with Gasteiger partial charge in [-0.1, -0.05) is 6.07 Å². The third-order valence-electron chi connectivity index (χ3n) is 2.79. The van der Waals surface area contributed by atoms with E-state index in [9.17, 15) is 20.3 Å². The number of hydrogen-bond acceptors (Lipinski definition) is 5. The maximum atomic E-state index is 11.0. The van der Waals surface area contributed by atoms with Gasteiger partial charge in [0.2, 0.25) is 0 Å². The molecule has 2 atom stereocenters. The van der Waals surface area contributed by atoms with Crippen LogP contribution in [0.4, 0.5) is 5.69 Å². The van der Waals surface area contributed by atoms with Crippen molar-refractivity contribution in [2.24, 2.45) is 0 Å². The first-order chi connectivity index (χ1) is 8.38. The molecule has 6 nitrogen and oxygen atoms in total. The highest BCUT2D eigenvalue weighted by Crippen LogP contribution is 2.32. The summed E-state index contributed by atoms with van der Waals surface area (Å²) in [5.74, 6) is 0. The first-order valence-electron chi connectivity index (χ1n) is 5.61. The van der Waals surface area contributed by atoms with E-state index in [2.05, 4.69) is 0 Å². The predicted octanol–water partition coefficient (Wildman–Crippen LogP) is 0.988. The maximum absolute atomic E-state index is 11.0. The molecule has 0 bridgehead atoms. The summed E-state index contributed by atoms with van der Waals surface area (Å²) in [5, 5.41) is 39.3. The molecule has 0 aliphatic carbocycles. The molecule has 3 N–H and O–H groups in total. The monoisotopic (exact) mass is 255 g/mol. The van der Waals surface area contributed by atoms with E-state index in [0.717, 1.165) is 0 Å². The summed E-state index contributed by atoms with van der Waals surface area (Å²) in [5.41, 5.74) is 1.15. The molecule has 1 aromatic rings. The van der Waals surface area contributed by atoms with Gasteiger partial charge in [0.15, 0.2) is 0 Å². The molecular formula is C12H17NO5. The average Bonchev–Trinajstić information content (AvgIpc) is 2.27. The second-order valence-corrected chi connectivity index (χ2v) is 4.30. The summed E-state index contributed by atoms with van der Waals surface area (Å²) >= 11 is 0. The minimum absolute atomic E-state index is 0.0361. The fraction of sp³-hybridized carbons (Fsp3) is 0.500. The highest BCUT2D eigenvalue weighted by atomic mass is 16.6. The van der Waals surface area contributed by atoms with E-state index in [0.29, 0.717) is 11.1 Å². The van der Waals surface area contributed by atoms with Crippen molar-refractivity contribution in [1.82, 2.24) is 0 Å². The second kappa shape index (κ2) is 5.90. The number of aryl methyl sites for hydroxylation is 2. The Hall–Kier alpha value is -1.50. The van der Waals surface area contributed by atoms with E-state index < -0.39 is 17.1 Å². The zero-order valence-electron chi connectivity index (χ0n) is 10.3. The standard InChI is InChI=1S/C12H17NO5/c1-7-5-8(2)11(9(6-7)13(17)18)12(16)10(15)3-4-14/h5-6,10,12,14-16H,3-4H2,1-2H3. The molecule has 0 saturated carbocycles. The van der Waals surface area contributed by atoms with Gasteiger partial charge in [0.1, 0.15) is 6.10 Å². The van der Waals surface area contributed by atoms with Gasteiger partial charge in [0, 0.05) is 12.7 Å². The summed E-state index contributed by atoms with van der Waals surface area (Å²) < 4.78 is 0. The molecule has 6 heteroatoms. The van der Waals surface area contributed by atoms with Crippen molar-refractivity contribution in [3.05, 3.63) is 38.9 Å². The van der Waals surface area contributed by atoms with Crippen LogP contribution in [0.25, 0.3) is 0 Å². The van der Waals surface area contributed by atoms with Crippen molar-refractivity contribution in [3.63, 3.8) is 0 Å². The predicted molar refractivity (Wildman–Crippen MR) is 65.2 cm³/mol. The third-order valence-corrected chi connectivity index (χ3v) is 2.79. The maximum Gasteiger partial charge on any atom is 0.275 e. The van der Waals surface area contributed by atoms with Gasteiger partial charge < -0.3 is 15.3 Å². The fourth-order valence-electron chi connectivity index (χ4n) is 1.97. The zero-order valence-corrected chi connectivity index (χ0v) is 10.3. The third kappa shape index (κ3) is 3.04. The lowest BCUT2D eigenvalue weighted by Gasteiger charge is -2.19. The lowest BCUT2D eigenvalue weighted by molar-refractivity contribution is -0.386. The van der Waals surface area contributed by atoms with Crippen LogP contribution in [-0.4, -0.2) is 33.0 Å². The SMILES string of the molecule is Cc1cc(C)c(C(O)C(O)CCO)c([N+](=O)[O-])c1. The number of aliphatic hydroxyl groups excluding tert-OH is 3. The Balaban J connectivity index is 3.25. The summed E-state index contributed by atoms with van der Waals surface area (Å²) in [6.45, 7) is 3.07. The number of aliphatic hydroxyl groups is 3. The Labute approximate surface area is 105 Å². The van der Waals surface area contributed by atoms with Crippen molar-refractivity contribution in [1.29, 1.82) is 0 Å². The van der Waals surface area contributed by atoms with E-state index in [-0.39, 0.29) is 24.3 Å². The first-order valence-corrected chi connectivity index (χ1v) is 5.61. The molecule has 0 amide bonds. The van der Waals surface area contributed by atoms with Crippen molar-refractivity contribution in [2.75, 3.05) is 6.61 Å². The molecular weight excluding hydrogens is 238 g/mol. The Bertz CT molecular complexity index is 446. The molecule has 1 aromatic carbocycles. The summed E-state index contributed by atoms with van der Waals surface area (Å²) in [6.07, 6.45) is -2.64. The smallest absolute Gasteiger partial charge is 0.275 e. The molecule has 0 radical (unpaired) electrons. The summed E-state index contributed by atoms with van der Waals surface area (Å²) in [7, 11) is 0. The second-order valence-electron chi connectivity index (χ2n) is 4.30. The van der Waals surface area contributed by atoms with Crippen LogP contribution in [0.5, 0.6) is 0 Å². The van der Waals surface area contributed by atoms with Crippen LogP contribution in [-0.2, 0) is 0 Å². The molecule has 0 heterocycles. The molecule has 0 saturated heterocycles. The number of nitro benzene ring substituents is 1. The number of rotatable bonds is 5. The summed E-state index contributed by atoms with van der Waals surface area (Å²) in [6, 6.07) is 3.06. The molecule has 0 aromatic heterocycles. The van der Waals surface area contributed by atoms with Gasteiger partial charge in [0.05, 0.1) is 16.6 Å². The van der Waals surface area contributed by atoms with Crippen molar-refractivity contribution in [2.45, 2.75) is 32.5 Å². The lowest BCUT2D eigenvalue weighted by atomic mass is 9.94. The zero-order chi connectivity index (χ0) is 13.9. The number of hydrogen-bond donors (Lipinski definition) is 3. The van der Waals surface area contributed by atoms with Crippen LogP contribution < -0.4 is 0 Å². The van der Waals surface area contributed by atoms with E-state index >= 15 is 0 Å². The van der Waals surface area contributed by atoms with E-state index in [1.165, 1.54) is 6.07 Å². The Morgan fingerprint density at radius 1 is 1.33 bits per heavy atom. The van der Waals surface area contributed by atoms with Crippen LogP contribution in [0.15, 0.2) is 12.1 Å². The molecule has 0 aliphatic heterocycles. The molecule has 2 unspecified atom stereocenters. The fourth-order valence-corrected chi connectivity index (χ4v) is 1.97. The summed E-state index contributed by atoms with van der Waals surface area (Å²) in [4.78, 5) is 10.4. The van der Waals surface area contributed by atoms with Crippen LogP contribution in [0, 0.1) is 24.0 Å². The largest absolute Gasteiger partial charge is 0.396 e. The van der Waals surface area contributed by atoms with Crippen molar-refractivity contribution >= 4 is 5.69 Å². The van der Waals surface area contributed by atoms with Gasteiger partial charge in [-0.15, -0.1) is 0 Å². The van der Waals surface area contributed by atoms with Gasteiger partial charge in [0.25, 0.3) is 5.69 Å². The topological polar surface area (TPSA) is 104 Å². The van der Waals surface area contributed by atoms with Gasteiger partial charge in [-0.2, -0.15) is 0 Å². The molecule has 1 rings (SSSR count). The average molecular weight is 255 g/mol. The number of nitro groups is 1. The minimum atomic E-state index is -1.38. The van der Waals surface area contributed by atoms with Crippen LogP contribution in [0.3, 0.4) is 0 Å². The molecule has 0 spiro atoms. The lowest BCUT2D eigenvalue weighted by Crippen LogP contribution is -2.21. The van der Waals surface area contributed by atoms with Gasteiger partial charge in [-0.05, 0) is 31.4 Å². The van der Waals surface area contributed by atoms with Gasteiger partial charge in [-0.3, -0.25) is 10.1 Å². The van der Waals surface area contributed by atoms with E-state index in [1.54, 1.807) is 19.9 Å². The Morgan fingerprint density at radius 3 is 2.44 bits per heavy atom. The quantitative estimate of drug-likeness (QED) is 0.537. The van der Waals surface area contributed by atoms with Crippen LogP contribution in [0.1, 0.15) is 29.2 Å². The molecule has 0 fully saturated rings. The number of benzene rings is 1. The first kappa shape index (κ1) is 14.6. The minimum Gasteiger partial charge on any atom is -0.396 e. The van der Waals surface area contributed by atoms with Crippen LogP contribution in [0.2, 0.25) is 0 Å². The Morgan fingerprint density at radius 2 is 1.94 bits per heavy atom. The number of nitrogens with zero attached hydrogens (tertiary/aromatic N) is 1. The van der Waals surface area contributed by atoms with Gasteiger partial charge in [-0.25, -0.2) is 0 Å². The molecule has 18 heavy (non-hydrogen) atoms. The molecule has 100 valence electrons. The van der Waals surface area contributed by atoms with Crippen molar-refractivity contribution in [3.8, 4) is 0 Å². The Kier molecular flexibility index (Phi) is 4.77. The normalized spacial score (nSPS) is 14.3. The highest BCUT2D eigenvalue weighted by molar-refractivity contribution is 5.49. The van der Waals surface area contributed by atoms with Crippen LogP contribution >= 0.6 is 0 Å². The van der Waals surface area contributed by atoms with Crippen molar-refractivity contribution < 1.29 is 20.2 Å². The van der Waals surface area contributed by atoms with E-state index in [1.807, 2.05) is 0 Å². The van der Waals surface area contributed by atoms with E-state index in [4.69, 9.17) is 5.11 Å². The van der Waals surface area contributed by atoms with Gasteiger partial charge >= 0.3 is 0 Å². The molecule has 0 aliphatic rings.